The van der Waals surface area contributed by atoms with Gasteiger partial charge in [0.1, 0.15) is 17.5 Å². The van der Waals surface area contributed by atoms with Gasteiger partial charge in [-0.3, -0.25) is 15.0 Å². The van der Waals surface area contributed by atoms with Crippen LogP contribution in [0.1, 0.15) is 31.2 Å². The molecule has 2 aliphatic carbocycles. The topological polar surface area (TPSA) is 109 Å². The molecule has 6 rings (SSSR count). The van der Waals surface area contributed by atoms with Gasteiger partial charge in [0.05, 0.1) is 6.17 Å². The van der Waals surface area contributed by atoms with Gasteiger partial charge in [-0.05, 0) is 79.0 Å². The molecule has 5 N–H and O–H groups in total. The highest BCUT2D eigenvalue weighted by Crippen LogP contribution is 2.48. The molecule has 0 aromatic heterocycles. The Balaban J connectivity index is 1.26. The summed E-state index contributed by atoms with van der Waals surface area (Å²) in [6.07, 6.45) is 7.16. The van der Waals surface area contributed by atoms with E-state index in [1.165, 1.54) is 6.08 Å². The van der Waals surface area contributed by atoms with Gasteiger partial charge in [-0.15, -0.1) is 0 Å². The van der Waals surface area contributed by atoms with Crippen molar-refractivity contribution < 1.29 is 14.3 Å². The second-order valence-electron chi connectivity index (χ2n) is 10.6. The molecule has 0 spiro atoms. The summed E-state index contributed by atoms with van der Waals surface area (Å²) in [7, 11) is 0. The number of hydrogen-bond donors (Lipinski definition) is 4. The SMILES string of the molecule is C=CC(=O)NC1C2CCC1CC(N1C=C(c3ccc(Oc4ccccc4)cc3)C3C(N)NNC(=O)C31)C2. The summed E-state index contributed by atoms with van der Waals surface area (Å²) >= 11 is 0. The van der Waals surface area contributed by atoms with E-state index in [1.54, 1.807) is 0 Å². The van der Waals surface area contributed by atoms with Gasteiger partial charge < -0.3 is 20.7 Å². The van der Waals surface area contributed by atoms with Gasteiger partial charge in [0.25, 0.3) is 5.91 Å². The van der Waals surface area contributed by atoms with E-state index in [2.05, 4.69) is 33.8 Å². The Morgan fingerprint density at radius 3 is 2.41 bits per heavy atom. The van der Waals surface area contributed by atoms with Crippen molar-refractivity contribution in [1.29, 1.82) is 0 Å². The monoisotopic (exact) mass is 499 g/mol. The quantitative estimate of drug-likeness (QED) is 0.455. The highest BCUT2D eigenvalue weighted by atomic mass is 16.5. The summed E-state index contributed by atoms with van der Waals surface area (Å²) in [5, 5.41) is 3.16. The Bertz CT molecular complexity index is 1200. The summed E-state index contributed by atoms with van der Waals surface area (Å²) in [5.41, 5.74) is 14.4. The largest absolute Gasteiger partial charge is 0.457 e. The molecule has 5 atom stereocenters. The number of para-hydroxylation sites is 1. The molecule has 37 heavy (non-hydrogen) atoms. The van der Waals surface area contributed by atoms with Gasteiger partial charge in [-0.25, -0.2) is 5.43 Å². The average molecular weight is 500 g/mol. The Hall–Kier alpha value is -3.62. The highest BCUT2D eigenvalue weighted by Gasteiger charge is 2.52. The molecule has 192 valence electrons. The van der Waals surface area contributed by atoms with Crippen molar-refractivity contribution in [3.63, 3.8) is 0 Å². The first kappa shape index (κ1) is 23.8. The summed E-state index contributed by atoms with van der Waals surface area (Å²) in [6, 6.07) is 17.7. The molecule has 2 aromatic carbocycles. The number of nitrogens with zero attached hydrogens (tertiary/aromatic N) is 1. The minimum absolute atomic E-state index is 0.0589. The predicted molar refractivity (Wildman–Crippen MR) is 141 cm³/mol. The van der Waals surface area contributed by atoms with Crippen LogP contribution in [0.5, 0.6) is 11.5 Å². The molecular weight excluding hydrogens is 466 g/mol. The molecule has 8 heteroatoms. The lowest BCUT2D eigenvalue weighted by Crippen LogP contribution is -2.67. The Labute approximate surface area is 216 Å². The van der Waals surface area contributed by atoms with E-state index in [-0.39, 0.29) is 35.9 Å². The van der Waals surface area contributed by atoms with Gasteiger partial charge in [0, 0.05) is 24.2 Å². The van der Waals surface area contributed by atoms with Gasteiger partial charge in [-0.2, -0.15) is 0 Å². The third-order valence-electron chi connectivity index (χ3n) is 8.48. The zero-order chi connectivity index (χ0) is 25.5. The minimum Gasteiger partial charge on any atom is -0.457 e. The molecule has 4 aliphatic rings. The fraction of sp³-hybridized carbons (Fsp3) is 0.379. The summed E-state index contributed by atoms with van der Waals surface area (Å²) in [4.78, 5) is 27.4. The number of benzene rings is 2. The van der Waals surface area contributed by atoms with E-state index in [0.29, 0.717) is 11.8 Å². The molecule has 2 aromatic rings. The van der Waals surface area contributed by atoms with E-state index in [1.807, 2.05) is 54.6 Å². The van der Waals surface area contributed by atoms with Crippen molar-refractivity contribution in [3.05, 3.63) is 79.0 Å². The number of amides is 2. The molecule has 2 bridgehead atoms. The van der Waals surface area contributed by atoms with Crippen LogP contribution in [0.2, 0.25) is 0 Å². The molecular formula is C29H33N5O3. The molecule has 8 nitrogen and oxygen atoms in total. The van der Waals surface area contributed by atoms with Crippen molar-refractivity contribution >= 4 is 17.4 Å². The average Bonchev–Trinajstić information content (AvgIpc) is 3.42. The van der Waals surface area contributed by atoms with E-state index in [0.717, 1.165) is 48.3 Å². The number of hydrogen-bond acceptors (Lipinski definition) is 6. The zero-order valence-electron chi connectivity index (χ0n) is 20.7. The van der Waals surface area contributed by atoms with E-state index < -0.39 is 6.17 Å². The van der Waals surface area contributed by atoms with Crippen LogP contribution in [0.25, 0.3) is 5.57 Å². The third kappa shape index (κ3) is 4.40. The minimum atomic E-state index is -0.404. The maximum absolute atomic E-state index is 13.1. The molecule has 5 unspecified atom stereocenters. The normalized spacial score (nSPS) is 32.2. The van der Waals surface area contributed by atoms with E-state index in [4.69, 9.17) is 10.5 Å². The Morgan fingerprint density at radius 2 is 1.73 bits per heavy atom. The van der Waals surface area contributed by atoms with Crippen LogP contribution in [-0.2, 0) is 9.59 Å². The first-order valence-electron chi connectivity index (χ1n) is 13.1. The maximum Gasteiger partial charge on any atom is 0.257 e. The number of carbonyl (C=O) groups is 2. The number of nitrogens with two attached hydrogens (primary N) is 1. The molecule has 2 aliphatic heterocycles. The smallest absolute Gasteiger partial charge is 0.257 e. The van der Waals surface area contributed by atoms with Crippen molar-refractivity contribution in [2.24, 2.45) is 23.5 Å². The van der Waals surface area contributed by atoms with Gasteiger partial charge >= 0.3 is 0 Å². The first-order valence-corrected chi connectivity index (χ1v) is 13.1. The van der Waals surface area contributed by atoms with E-state index >= 15 is 0 Å². The van der Waals surface area contributed by atoms with Crippen molar-refractivity contribution in [2.45, 2.75) is 50.0 Å². The van der Waals surface area contributed by atoms with Crippen LogP contribution in [0, 0.1) is 17.8 Å². The molecule has 1 saturated heterocycles. The summed E-state index contributed by atoms with van der Waals surface area (Å²) in [5.74, 6) is 2.00. The molecule has 2 heterocycles. The summed E-state index contributed by atoms with van der Waals surface area (Å²) < 4.78 is 5.97. The number of rotatable bonds is 6. The predicted octanol–water partition coefficient (Wildman–Crippen LogP) is 2.90. The van der Waals surface area contributed by atoms with Crippen LogP contribution in [-0.4, -0.2) is 41.0 Å². The lowest BCUT2D eigenvalue weighted by Gasteiger charge is -2.44. The van der Waals surface area contributed by atoms with Crippen LogP contribution < -0.4 is 26.6 Å². The van der Waals surface area contributed by atoms with Gasteiger partial charge in [0.2, 0.25) is 5.91 Å². The van der Waals surface area contributed by atoms with Crippen LogP contribution in [0.3, 0.4) is 0 Å². The number of hydrazine groups is 1. The number of fused-ring (bicyclic) bond motifs is 3. The number of ether oxygens (including phenoxy) is 1. The van der Waals surface area contributed by atoms with Gasteiger partial charge in [0.15, 0.2) is 0 Å². The van der Waals surface area contributed by atoms with Crippen LogP contribution >= 0.6 is 0 Å². The molecule has 2 amide bonds. The number of nitrogens with one attached hydrogen (secondary N) is 3. The first-order chi connectivity index (χ1) is 18.0. The van der Waals surface area contributed by atoms with Crippen LogP contribution in [0.15, 0.2) is 73.5 Å². The standard InChI is InChI=1S/C29H33N5O3/c1-2-24(35)31-26-18-8-9-19(26)15-20(14-18)34-16-23(25-27(34)29(36)33-32-28(25)30)17-10-12-22(13-11-17)37-21-6-4-3-5-7-21/h2-7,10-13,16,18-20,25-28,32H,1,8-9,14-15,30H2,(H,31,35)(H,33,36). The second-order valence-corrected chi connectivity index (χ2v) is 10.6. The maximum atomic E-state index is 13.1. The van der Waals surface area contributed by atoms with Crippen LogP contribution in [0.4, 0.5) is 0 Å². The van der Waals surface area contributed by atoms with Crippen molar-refractivity contribution in [2.75, 3.05) is 0 Å². The van der Waals surface area contributed by atoms with Crippen molar-refractivity contribution in [1.82, 2.24) is 21.1 Å². The highest BCUT2D eigenvalue weighted by molar-refractivity contribution is 5.89. The molecule has 3 fully saturated rings. The lowest BCUT2D eigenvalue weighted by atomic mass is 9.79. The van der Waals surface area contributed by atoms with E-state index in [9.17, 15) is 9.59 Å². The third-order valence-corrected chi connectivity index (χ3v) is 8.48. The number of carbonyl (C=O) groups excluding carboxylic acids is 2. The summed E-state index contributed by atoms with van der Waals surface area (Å²) in [6.45, 7) is 3.60. The van der Waals surface area contributed by atoms with Crippen molar-refractivity contribution in [3.8, 4) is 11.5 Å². The Morgan fingerprint density at radius 1 is 1.05 bits per heavy atom. The fourth-order valence-electron chi connectivity index (χ4n) is 6.83. The molecule has 2 saturated carbocycles. The van der Waals surface area contributed by atoms with Gasteiger partial charge in [-0.1, -0.05) is 36.9 Å². The molecule has 0 radical (unpaired) electrons. The Kier molecular flexibility index (Phi) is 6.22. The fourth-order valence-corrected chi connectivity index (χ4v) is 6.83. The second kappa shape index (κ2) is 9.68. The zero-order valence-corrected chi connectivity index (χ0v) is 20.7. The lowest BCUT2D eigenvalue weighted by molar-refractivity contribution is -0.131.